The van der Waals surface area contributed by atoms with Crippen LogP contribution in [0.2, 0.25) is 0 Å². The van der Waals surface area contributed by atoms with Gasteiger partial charge in [-0.3, -0.25) is 14.4 Å². The highest BCUT2D eigenvalue weighted by Gasteiger charge is 2.67. The van der Waals surface area contributed by atoms with Gasteiger partial charge >= 0.3 is 5.97 Å². The van der Waals surface area contributed by atoms with Gasteiger partial charge in [-0.1, -0.05) is 28.1 Å². The van der Waals surface area contributed by atoms with Crippen molar-refractivity contribution in [2.75, 3.05) is 10.6 Å². The van der Waals surface area contributed by atoms with Gasteiger partial charge in [-0.05, 0) is 67.6 Å². The number of halogens is 1. The Kier molecular flexibility index (Phi) is 4.88. The van der Waals surface area contributed by atoms with Crippen LogP contribution in [0.1, 0.15) is 27.9 Å². The fourth-order valence-corrected chi connectivity index (χ4v) is 6.59. The Bertz CT molecular complexity index is 1080. The van der Waals surface area contributed by atoms with Crippen LogP contribution < -0.4 is 10.6 Å². The lowest BCUT2D eigenvalue weighted by molar-refractivity contribution is -0.145. The molecule has 2 aromatic carbocycles. The van der Waals surface area contributed by atoms with E-state index in [1.54, 1.807) is 24.3 Å². The minimum atomic E-state index is -0.409. The van der Waals surface area contributed by atoms with Crippen molar-refractivity contribution in [3.05, 3.63) is 59.2 Å². The molecule has 2 N–H and O–H groups in total. The van der Waals surface area contributed by atoms with Crippen LogP contribution in [0.4, 0.5) is 11.4 Å². The molecule has 5 rings (SSSR count). The number of fused-ring (bicyclic) bond motifs is 1. The third-order valence-corrected chi connectivity index (χ3v) is 7.90. The predicted octanol–water partition coefficient (Wildman–Crippen LogP) is 4.07. The number of esters is 1. The summed E-state index contributed by atoms with van der Waals surface area (Å²) in [7, 11) is 0. The van der Waals surface area contributed by atoms with E-state index in [1.807, 2.05) is 32.0 Å². The standard InChI is InChI=1S/C24H23BrN2O4/c1-11-6-12(2)8-15(7-11)27-22(28)13-4-3-5-14(9-13)26-23(29)18-16-10-17-19(18)24(30)31-21(17)20(16)25/h3-9,16-21H,10H2,1-2H3,(H,26,29)(H,27,28)/t16-,17-,18-,19-,20-,21+/m1/s1. The molecule has 160 valence electrons. The van der Waals surface area contributed by atoms with Gasteiger partial charge in [0.15, 0.2) is 0 Å². The molecule has 7 heteroatoms. The molecule has 2 amide bonds. The van der Waals surface area contributed by atoms with Crippen LogP contribution in [0, 0.1) is 37.5 Å². The van der Waals surface area contributed by atoms with E-state index in [-0.39, 0.29) is 46.5 Å². The molecule has 1 aliphatic heterocycles. The number of alkyl halides is 1. The molecule has 1 saturated heterocycles. The molecular weight excluding hydrogens is 460 g/mol. The van der Waals surface area contributed by atoms with E-state index in [0.29, 0.717) is 11.3 Å². The molecule has 1 heterocycles. The average Bonchev–Trinajstić information content (AvgIpc) is 3.31. The first-order chi connectivity index (χ1) is 14.8. The van der Waals surface area contributed by atoms with Gasteiger partial charge in [-0.2, -0.15) is 0 Å². The van der Waals surface area contributed by atoms with Crippen molar-refractivity contribution in [2.45, 2.75) is 31.2 Å². The number of amides is 2. The molecule has 6 nitrogen and oxygen atoms in total. The number of benzene rings is 2. The highest BCUT2D eigenvalue weighted by atomic mass is 79.9. The SMILES string of the molecule is Cc1cc(C)cc(NC(=O)c2cccc(NC(=O)[C@@H]3[C@H]4C[C@H]5[C@H](OC(=O)[C@H]53)[C@@H]4Br)c2)c1. The number of ether oxygens (including phenoxy) is 1. The summed E-state index contributed by atoms with van der Waals surface area (Å²) < 4.78 is 5.49. The van der Waals surface area contributed by atoms with E-state index < -0.39 is 5.92 Å². The molecular formula is C24H23BrN2O4. The zero-order valence-corrected chi connectivity index (χ0v) is 18.8. The van der Waals surface area contributed by atoms with Crippen molar-refractivity contribution >= 4 is 45.1 Å². The Hall–Kier alpha value is -2.67. The number of anilines is 2. The van der Waals surface area contributed by atoms with Crippen molar-refractivity contribution in [2.24, 2.45) is 23.7 Å². The van der Waals surface area contributed by atoms with Gasteiger partial charge in [0.1, 0.15) is 6.10 Å². The van der Waals surface area contributed by atoms with Crippen LogP contribution in [0.15, 0.2) is 42.5 Å². The summed E-state index contributed by atoms with van der Waals surface area (Å²) in [6, 6.07) is 12.7. The number of hydrogen-bond donors (Lipinski definition) is 2. The van der Waals surface area contributed by atoms with Gasteiger partial charge in [-0.25, -0.2) is 0 Å². The van der Waals surface area contributed by atoms with Crippen LogP contribution in [-0.4, -0.2) is 28.7 Å². The monoisotopic (exact) mass is 482 g/mol. The zero-order chi connectivity index (χ0) is 21.9. The molecule has 3 fully saturated rings. The molecule has 0 radical (unpaired) electrons. The summed E-state index contributed by atoms with van der Waals surface area (Å²) in [6.07, 6.45) is 0.719. The molecule has 0 unspecified atom stereocenters. The van der Waals surface area contributed by atoms with E-state index >= 15 is 0 Å². The van der Waals surface area contributed by atoms with E-state index in [1.165, 1.54) is 0 Å². The normalized spacial score (nSPS) is 30.2. The summed E-state index contributed by atoms with van der Waals surface area (Å²) in [6.45, 7) is 3.96. The first kappa shape index (κ1) is 20.2. The van der Waals surface area contributed by atoms with E-state index in [0.717, 1.165) is 23.2 Å². The topological polar surface area (TPSA) is 84.5 Å². The Morgan fingerprint density at radius 2 is 1.74 bits per heavy atom. The molecule has 31 heavy (non-hydrogen) atoms. The van der Waals surface area contributed by atoms with Crippen LogP contribution >= 0.6 is 15.9 Å². The second kappa shape index (κ2) is 7.48. The Morgan fingerprint density at radius 1 is 1.00 bits per heavy atom. The number of carbonyl (C=O) groups excluding carboxylic acids is 3. The average molecular weight is 483 g/mol. The number of aryl methyl sites for hydroxylation is 2. The molecule has 0 aromatic heterocycles. The van der Waals surface area contributed by atoms with Crippen LogP contribution in [0.5, 0.6) is 0 Å². The lowest BCUT2D eigenvalue weighted by Gasteiger charge is -2.27. The quantitative estimate of drug-likeness (QED) is 0.508. The summed E-state index contributed by atoms with van der Waals surface area (Å²) in [4.78, 5) is 38.1. The minimum Gasteiger partial charge on any atom is -0.461 e. The Morgan fingerprint density at radius 3 is 2.48 bits per heavy atom. The third-order valence-electron chi connectivity index (χ3n) is 6.70. The summed E-state index contributed by atoms with van der Waals surface area (Å²) in [5.74, 6) is -1.26. The zero-order valence-electron chi connectivity index (χ0n) is 17.2. The van der Waals surface area contributed by atoms with Crippen LogP contribution in [0.3, 0.4) is 0 Å². The number of carbonyl (C=O) groups is 3. The van der Waals surface area contributed by atoms with Gasteiger partial charge in [0.05, 0.1) is 16.7 Å². The maximum Gasteiger partial charge on any atom is 0.310 e. The van der Waals surface area contributed by atoms with Gasteiger partial charge in [-0.15, -0.1) is 0 Å². The molecule has 3 aliphatic rings. The smallest absolute Gasteiger partial charge is 0.310 e. The van der Waals surface area contributed by atoms with Crippen molar-refractivity contribution in [1.82, 2.24) is 0 Å². The fraction of sp³-hybridized carbons (Fsp3) is 0.375. The van der Waals surface area contributed by atoms with Crippen LogP contribution in [-0.2, 0) is 14.3 Å². The van der Waals surface area contributed by atoms with Crippen LogP contribution in [0.25, 0.3) is 0 Å². The first-order valence-corrected chi connectivity index (χ1v) is 11.4. The molecule has 0 spiro atoms. The van der Waals surface area contributed by atoms with Gasteiger partial charge in [0.2, 0.25) is 5.91 Å². The predicted molar refractivity (Wildman–Crippen MR) is 120 cm³/mol. The maximum atomic E-state index is 13.1. The van der Waals surface area contributed by atoms with Gasteiger partial charge in [0, 0.05) is 22.9 Å². The molecule has 6 atom stereocenters. The van der Waals surface area contributed by atoms with E-state index in [9.17, 15) is 14.4 Å². The van der Waals surface area contributed by atoms with E-state index in [4.69, 9.17) is 4.74 Å². The lowest BCUT2D eigenvalue weighted by atomic mass is 9.79. The molecule has 2 bridgehead atoms. The number of rotatable bonds is 4. The fourth-order valence-electron chi connectivity index (χ4n) is 5.54. The third kappa shape index (κ3) is 3.45. The highest BCUT2D eigenvalue weighted by Crippen LogP contribution is 2.60. The highest BCUT2D eigenvalue weighted by molar-refractivity contribution is 9.09. The second-order valence-electron chi connectivity index (χ2n) is 8.86. The van der Waals surface area contributed by atoms with Crippen molar-refractivity contribution < 1.29 is 19.1 Å². The Labute approximate surface area is 188 Å². The number of hydrogen-bond acceptors (Lipinski definition) is 4. The van der Waals surface area contributed by atoms with Gasteiger partial charge < -0.3 is 15.4 Å². The molecule has 2 saturated carbocycles. The molecule has 2 aromatic rings. The van der Waals surface area contributed by atoms with Crippen molar-refractivity contribution in [1.29, 1.82) is 0 Å². The summed E-state index contributed by atoms with van der Waals surface area (Å²) in [5.41, 5.74) is 3.86. The van der Waals surface area contributed by atoms with Crippen molar-refractivity contribution in [3.63, 3.8) is 0 Å². The van der Waals surface area contributed by atoms with Crippen molar-refractivity contribution in [3.8, 4) is 0 Å². The maximum absolute atomic E-state index is 13.1. The minimum absolute atomic E-state index is 0.0193. The first-order valence-electron chi connectivity index (χ1n) is 10.5. The number of nitrogens with one attached hydrogen (secondary N) is 2. The molecule has 2 aliphatic carbocycles. The lowest BCUT2D eigenvalue weighted by Crippen LogP contribution is -2.40. The second-order valence-corrected chi connectivity index (χ2v) is 9.92. The van der Waals surface area contributed by atoms with E-state index in [2.05, 4.69) is 26.6 Å². The summed E-state index contributed by atoms with van der Waals surface area (Å²) in [5, 5.41) is 5.83. The largest absolute Gasteiger partial charge is 0.461 e. The van der Waals surface area contributed by atoms with Gasteiger partial charge in [0.25, 0.3) is 5.91 Å². The Balaban J connectivity index is 1.31. The summed E-state index contributed by atoms with van der Waals surface area (Å²) >= 11 is 3.63.